The molecule has 0 bridgehead atoms. The lowest BCUT2D eigenvalue weighted by atomic mass is 10.2. The summed E-state index contributed by atoms with van der Waals surface area (Å²) in [6.45, 7) is 10.6. The zero-order chi connectivity index (χ0) is 14.8. The van der Waals surface area contributed by atoms with Crippen LogP contribution in [0, 0.1) is 17.8 Å². The molecule has 1 unspecified atom stereocenters. The van der Waals surface area contributed by atoms with E-state index in [0.29, 0.717) is 0 Å². The maximum atomic E-state index is 5.80. The van der Waals surface area contributed by atoms with Gasteiger partial charge >= 0.3 is 0 Å². The highest BCUT2D eigenvalue weighted by atomic mass is 16.5. The van der Waals surface area contributed by atoms with E-state index in [9.17, 15) is 0 Å². The Bertz CT molecular complexity index is 462. The highest BCUT2D eigenvalue weighted by Crippen LogP contribution is 2.48. The maximum Gasteiger partial charge on any atom is 0.119 e. The average Bonchev–Trinajstić information content (AvgIpc) is 2.98. The van der Waals surface area contributed by atoms with Crippen LogP contribution in [-0.2, 0) is 0 Å². The molecule has 3 atom stereocenters. The van der Waals surface area contributed by atoms with Crippen LogP contribution in [0.15, 0.2) is 30.3 Å². The Morgan fingerprint density at radius 3 is 2.36 bits per heavy atom. The number of benzene rings is 1. The van der Waals surface area contributed by atoms with E-state index in [1.54, 1.807) is 0 Å². The average molecular weight is 301 g/mol. The molecule has 1 aromatic carbocycles. The van der Waals surface area contributed by atoms with E-state index in [4.69, 9.17) is 4.74 Å². The Kier molecular flexibility index (Phi) is 4.33. The second kappa shape index (κ2) is 6.57. The lowest BCUT2D eigenvalue weighted by Crippen LogP contribution is -2.48. The van der Waals surface area contributed by atoms with Gasteiger partial charge in [0, 0.05) is 39.3 Å². The molecule has 4 heteroatoms. The summed E-state index contributed by atoms with van der Waals surface area (Å²) in [6, 6.07) is 10.1. The van der Waals surface area contributed by atoms with Gasteiger partial charge in [-0.25, -0.2) is 0 Å². The van der Waals surface area contributed by atoms with Crippen LogP contribution in [0.2, 0.25) is 0 Å². The third-order valence-corrected chi connectivity index (χ3v) is 5.62. The third kappa shape index (κ3) is 3.29. The summed E-state index contributed by atoms with van der Waals surface area (Å²) in [6.07, 6.45) is 0. The van der Waals surface area contributed by atoms with Gasteiger partial charge in [-0.05, 0) is 43.0 Å². The summed E-state index contributed by atoms with van der Waals surface area (Å²) in [5, 5.41) is 3.49. The largest absolute Gasteiger partial charge is 0.492 e. The Labute approximate surface area is 133 Å². The number of piperazine rings is 1. The molecule has 1 N–H and O–H groups in total. The molecule has 2 aliphatic heterocycles. The molecule has 22 heavy (non-hydrogen) atoms. The van der Waals surface area contributed by atoms with E-state index in [0.717, 1.165) is 36.7 Å². The van der Waals surface area contributed by atoms with Crippen LogP contribution < -0.4 is 10.1 Å². The number of hydrogen-bond donors (Lipinski definition) is 1. The molecule has 2 heterocycles. The number of nitrogens with zero attached hydrogens (tertiary/aromatic N) is 2. The Balaban J connectivity index is 1.12. The summed E-state index contributed by atoms with van der Waals surface area (Å²) >= 11 is 0. The van der Waals surface area contributed by atoms with Gasteiger partial charge in [0.25, 0.3) is 0 Å². The fourth-order valence-electron chi connectivity index (χ4n) is 4.12. The molecule has 0 spiro atoms. The second-order valence-corrected chi connectivity index (χ2v) is 6.95. The van der Waals surface area contributed by atoms with Crippen LogP contribution in [-0.4, -0.2) is 68.8 Å². The van der Waals surface area contributed by atoms with E-state index in [-0.39, 0.29) is 0 Å². The Morgan fingerprint density at radius 1 is 0.955 bits per heavy atom. The molecule has 120 valence electrons. The van der Waals surface area contributed by atoms with Crippen molar-refractivity contribution in [3.63, 3.8) is 0 Å². The van der Waals surface area contributed by atoms with Crippen molar-refractivity contribution in [1.82, 2.24) is 15.1 Å². The maximum absolute atomic E-state index is 5.80. The fraction of sp³-hybridized carbons (Fsp3) is 0.667. The minimum Gasteiger partial charge on any atom is -0.492 e. The van der Waals surface area contributed by atoms with Crippen LogP contribution >= 0.6 is 0 Å². The highest BCUT2D eigenvalue weighted by molar-refractivity contribution is 5.20. The quantitative estimate of drug-likeness (QED) is 0.853. The first-order chi connectivity index (χ1) is 10.9. The lowest BCUT2D eigenvalue weighted by molar-refractivity contribution is 0.111. The topological polar surface area (TPSA) is 27.7 Å². The number of hydrogen-bond acceptors (Lipinski definition) is 4. The van der Waals surface area contributed by atoms with Crippen LogP contribution in [0.4, 0.5) is 0 Å². The summed E-state index contributed by atoms with van der Waals surface area (Å²) in [4.78, 5) is 5.21. The van der Waals surface area contributed by atoms with Gasteiger partial charge in [-0.2, -0.15) is 0 Å². The number of para-hydroxylation sites is 1. The zero-order valence-electron chi connectivity index (χ0n) is 13.3. The van der Waals surface area contributed by atoms with Gasteiger partial charge in [-0.3, -0.25) is 4.90 Å². The molecule has 0 amide bonds. The van der Waals surface area contributed by atoms with E-state index in [1.165, 1.54) is 45.8 Å². The third-order valence-electron chi connectivity index (χ3n) is 5.62. The van der Waals surface area contributed by atoms with E-state index in [1.807, 2.05) is 30.3 Å². The molecule has 0 aromatic heterocycles. The van der Waals surface area contributed by atoms with E-state index in [2.05, 4.69) is 15.1 Å². The van der Waals surface area contributed by atoms with Gasteiger partial charge in [0.15, 0.2) is 0 Å². The van der Waals surface area contributed by atoms with E-state index < -0.39 is 0 Å². The molecule has 1 aromatic rings. The SMILES string of the molecule is c1ccc(OCCN2CCN(CC3[C@H]4CNC[C@@H]34)CC2)cc1. The Hall–Kier alpha value is -1.10. The smallest absolute Gasteiger partial charge is 0.119 e. The van der Waals surface area contributed by atoms with Crippen molar-refractivity contribution in [3.8, 4) is 5.75 Å². The van der Waals surface area contributed by atoms with Gasteiger partial charge in [0.05, 0.1) is 0 Å². The number of ether oxygens (including phenoxy) is 1. The van der Waals surface area contributed by atoms with Crippen molar-refractivity contribution in [2.45, 2.75) is 0 Å². The molecule has 3 aliphatic rings. The van der Waals surface area contributed by atoms with Crippen molar-refractivity contribution >= 4 is 0 Å². The number of rotatable bonds is 6. The number of fused-ring (bicyclic) bond motifs is 1. The van der Waals surface area contributed by atoms with Gasteiger partial charge in [0.1, 0.15) is 12.4 Å². The molecule has 0 radical (unpaired) electrons. The minimum atomic E-state index is 0.794. The monoisotopic (exact) mass is 301 g/mol. The summed E-state index contributed by atoms with van der Waals surface area (Å²) in [5.41, 5.74) is 0. The van der Waals surface area contributed by atoms with Gasteiger partial charge < -0.3 is 15.0 Å². The van der Waals surface area contributed by atoms with Crippen LogP contribution in [0.25, 0.3) is 0 Å². The lowest BCUT2D eigenvalue weighted by Gasteiger charge is -2.35. The summed E-state index contributed by atoms with van der Waals surface area (Å²) < 4.78 is 5.80. The zero-order valence-corrected chi connectivity index (χ0v) is 13.3. The van der Waals surface area contributed by atoms with Gasteiger partial charge in [0.2, 0.25) is 0 Å². The normalized spacial score (nSPS) is 31.9. The second-order valence-electron chi connectivity index (χ2n) is 6.95. The highest BCUT2D eigenvalue weighted by Gasteiger charge is 2.52. The first kappa shape index (κ1) is 14.5. The molecule has 2 saturated heterocycles. The number of nitrogens with one attached hydrogen (secondary N) is 1. The molecular formula is C18H27N3O. The fourth-order valence-corrected chi connectivity index (χ4v) is 4.12. The molecule has 3 fully saturated rings. The van der Waals surface area contributed by atoms with Crippen molar-refractivity contribution in [1.29, 1.82) is 0 Å². The molecule has 4 nitrogen and oxygen atoms in total. The summed E-state index contributed by atoms with van der Waals surface area (Å²) in [5.74, 6) is 3.97. The molecule has 1 saturated carbocycles. The Morgan fingerprint density at radius 2 is 1.64 bits per heavy atom. The first-order valence-corrected chi connectivity index (χ1v) is 8.73. The van der Waals surface area contributed by atoms with Crippen LogP contribution in [0.1, 0.15) is 0 Å². The molecule has 1 aliphatic carbocycles. The van der Waals surface area contributed by atoms with Crippen molar-refractivity contribution < 1.29 is 4.74 Å². The van der Waals surface area contributed by atoms with Crippen LogP contribution in [0.3, 0.4) is 0 Å². The predicted molar refractivity (Wildman–Crippen MR) is 88.2 cm³/mol. The standard InChI is InChI=1S/C18H27N3O/c1-2-4-15(5-3-1)22-11-10-20-6-8-21(9-7-20)14-18-16-12-19-13-17(16)18/h1-5,16-19H,6-14H2/t16-,17+,18?. The number of piperidine rings is 1. The summed E-state index contributed by atoms with van der Waals surface area (Å²) in [7, 11) is 0. The molecular weight excluding hydrogens is 274 g/mol. The van der Waals surface area contributed by atoms with E-state index >= 15 is 0 Å². The first-order valence-electron chi connectivity index (χ1n) is 8.73. The van der Waals surface area contributed by atoms with Crippen molar-refractivity contribution in [2.75, 3.05) is 59.0 Å². The van der Waals surface area contributed by atoms with Crippen molar-refractivity contribution in [2.24, 2.45) is 17.8 Å². The minimum absolute atomic E-state index is 0.794. The molecule has 4 rings (SSSR count). The van der Waals surface area contributed by atoms with Crippen molar-refractivity contribution in [3.05, 3.63) is 30.3 Å². The van der Waals surface area contributed by atoms with Gasteiger partial charge in [-0.15, -0.1) is 0 Å². The van der Waals surface area contributed by atoms with Crippen LogP contribution in [0.5, 0.6) is 5.75 Å². The predicted octanol–water partition coefficient (Wildman–Crippen LogP) is 1.15. The van der Waals surface area contributed by atoms with Gasteiger partial charge in [-0.1, -0.05) is 18.2 Å².